The van der Waals surface area contributed by atoms with Crippen molar-refractivity contribution >= 4 is 28.8 Å². The van der Waals surface area contributed by atoms with Crippen molar-refractivity contribution in [3.8, 4) is 0 Å². The first kappa shape index (κ1) is 21.4. The Morgan fingerprint density at radius 1 is 1.13 bits per heavy atom. The van der Waals surface area contributed by atoms with Crippen LogP contribution in [0.2, 0.25) is 0 Å². The van der Waals surface area contributed by atoms with E-state index in [0.29, 0.717) is 31.8 Å². The van der Waals surface area contributed by atoms with Gasteiger partial charge in [-0.1, -0.05) is 12.1 Å². The number of piperidine rings is 2. The van der Waals surface area contributed by atoms with Crippen molar-refractivity contribution in [2.24, 2.45) is 7.05 Å². The van der Waals surface area contributed by atoms with Crippen molar-refractivity contribution in [3.63, 3.8) is 0 Å². The van der Waals surface area contributed by atoms with E-state index in [0.717, 1.165) is 29.3 Å². The zero-order valence-corrected chi connectivity index (χ0v) is 18.7. The maximum absolute atomic E-state index is 12.4. The number of rotatable bonds is 2. The second-order valence-corrected chi connectivity index (χ2v) is 9.72. The Bertz CT molecular complexity index is 1030. The van der Waals surface area contributed by atoms with Crippen LogP contribution in [-0.4, -0.2) is 46.1 Å². The standard InChI is InChI=1S/C24H31N3O4/c1-24(2,3)31-23(30)27-11-9-15(10-12-27)16-5-6-17-19(14-26(4)20(17)13-16)18-7-8-21(28)25-22(18)29/h5-6,13-15,18H,7-12H2,1-4H3,(H,25,28,29). The van der Waals surface area contributed by atoms with Crippen LogP contribution in [0.4, 0.5) is 4.79 Å². The number of hydrogen-bond acceptors (Lipinski definition) is 4. The van der Waals surface area contributed by atoms with E-state index < -0.39 is 5.60 Å². The molecule has 2 saturated heterocycles. The summed E-state index contributed by atoms with van der Waals surface area (Å²) in [4.78, 5) is 38.0. The highest BCUT2D eigenvalue weighted by Crippen LogP contribution is 2.35. The van der Waals surface area contributed by atoms with Crippen LogP contribution in [0.1, 0.15) is 69.4 Å². The number of benzene rings is 1. The topological polar surface area (TPSA) is 80.6 Å². The molecule has 7 nitrogen and oxygen atoms in total. The number of aromatic nitrogens is 1. The number of nitrogens with one attached hydrogen (secondary N) is 1. The number of nitrogens with zero attached hydrogens (tertiary/aromatic N) is 2. The fourth-order valence-electron chi connectivity index (χ4n) is 4.68. The van der Waals surface area contributed by atoms with Crippen LogP contribution in [-0.2, 0) is 21.4 Å². The quantitative estimate of drug-likeness (QED) is 0.742. The van der Waals surface area contributed by atoms with Gasteiger partial charge in [0, 0.05) is 43.7 Å². The molecule has 0 saturated carbocycles. The molecule has 2 aliphatic rings. The maximum atomic E-state index is 12.4. The minimum atomic E-state index is -0.480. The number of imide groups is 1. The smallest absolute Gasteiger partial charge is 0.410 e. The van der Waals surface area contributed by atoms with Gasteiger partial charge in [0.15, 0.2) is 0 Å². The van der Waals surface area contributed by atoms with Gasteiger partial charge in [-0.3, -0.25) is 14.9 Å². The van der Waals surface area contributed by atoms with Crippen LogP contribution in [0.15, 0.2) is 24.4 Å². The Hall–Kier alpha value is -2.83. The van der Waals surface area contributed by atoms with Gasteiger partial charge in [0.05, 0.1) is 5.92 Å². The Labute approximate surface area is 182 Å². The third-order valence-corrected chi connectivity index (χ3v) is 6.28. The summed E-state index contributed by atoms with van der Waals surface area (Å²) < 4.78 is 7.56. The van der Waals surface area contributed by atoms with Gasteiger partial charge in [-0.25, -0.2) is 4.79 Å². The number of carbonyl (C=O) groups is 3. The molecular formula is C24H31N3O4. The summed E-state index contributed by atoms with van der Waals surface area (Å²) >= 11 is 0. The lowest BCUT2D eigenvalue weighted by molar-refractivity contribution is -0.134. The average molecular weight is 426 g/mol. The fraction of sp³-hybridized carbons (Fsp3) is 0.542. The molecule has 1 unspecified atom stereocenters. The molecule has 2 fully saturated rings. The van der Waals surface area contributed by atoms with E-state index in [1.807, 2.05) is 34.0 Å². The molecule has 4 rings (SSSR count). The summed E-state index contributed by atoms with van der Waals surface area (Å²) in [6.07, 6.45) is 4.50. The van der Waals surface area contributed by atoms with Crippen molar-refractivity contribution in [1.82, 2.24) is 14.8 Å². The van der Waals surface area contributed by atoms with Gasteiger partial charge in [-0.05, 0) is 63.1 Å². The average Bonchev–Trinajstić information content (AvgIpc) is 3.03. The summed E-state index contributed by atoms with van der Waals surface area (Å²) in [5, 5.41) is 3.52. The lowest BCUT2D eigenvalue weighted by Gasteiger charge is -2.33. The van der Waals surface area contributed by atoms with Crippen LogP contribution in [0.5, 0.6) is 0 Å². The second kappa shape index (κ2) is 8.02. The van der Waals surface area contributed by atoms with Gasteiger partial charge in [0.2, 0.25) is 11.8 Å². The SMILES string of the molecule is Cn1cc(C2CCC(=O)NC2=O)c2ccc(C3CCN(C(=O)OC(C)(C)C)CC3)cc21. The lowest BCUT2D eigenvalue weighted by Crippen LogP contribution is -2.41. The van der Waals surface area contributed by atoms with Gasteiger partial charge in [0.25, 0.3) is 0 Å². The number of hydrogen-bond donors (Lipinski definition) is 1. The number of amides is 3. The summed E-state index contributed by atoms with van der Waals surface area (Å²) in [5.74, 6) is -0.301. The molecular weight excluding hydrogens is 394 g/mol. The van der Waals surface area contributed by atoms with Crippen molar-refractivity contribution in [2.75, 3.05) is 13.1 Å². The van der Waals surface area contributed by atoms with Crippen LogP contribution in [0.25, 0.3) is 10.9 Å². The normalized spacial score (nSPS) is 20.8. The molecule has 2 aliphatic heterocycles. The predicted molar refractivity (Wildman–Crippen MR) is 118 cm³/mol. The number of aryl methyl sites for hydroxylation is 1. The molecule has 0 radical (unpaired) electrons. The van der Waals surface area contributed by atoms with E-state index in [9.17, 15) is 14.4 Å². The molecule has 1 aromatic heterocycles. The van der Waals surface area contributed by atoms with E-state index >= 15 is 0 Å². The minimum absolute atomic E-state index is 0.193. The minimum Gasteiger partial charge on any atom is -0.444 e. The molecule has 2 aromatic rings. The number of likely N-dealkylation sites (tertiary alicyclic amines) is 1. The summed E-state index contributed by atoms with van der Waals surface area (Å²) in [5.41, 5.74) is 2.85. The van der Waals surface area contributed by atoms with Crippen molar-refractivity contribution in [3.05, 3.63) is 35.5 Å². The molecule has 166 valence electrons. The largest absolute Gasteiger partial charge is 0.444 e. The maximum Gasteiger partial charge on any atom is 0.410 e. The first-order valence-electron chi connectivity index (χ1n) is 11.0. The molecule has 7 heteroatoms. The second-order valence-electron chi connectivity index (χ2n) is 9.72. The van der Waals surface area contributed by atoms with Crippen LogP contribution >= 0.6 is 0 Å². The molecule has 0 spiro atoms. The van der Waals surface area contributed by atoms with E-state index in [4.69, 9.17) is 4.74 Å². The molecule has 1 atom stereocenters. The van der Waals surface area contributed by atoms with Crippen LogP contribution < -0.4 is 5.32 Å². The first-order chi connectivity index (χ1) is 14.6. The molecule has 0 bridgehead atoms. The van der Waals surface area contributed by atoms with E-state index in [-0.39, 0.29) is 23.8 Å². The van der Waals surface area contributed by atoms with E-state index in [2.05, 4.69) is 28.1 Å². The molecule has 1 aromatic carbocycles. The lowest BCUT2D eigenvalue weighted by atomic mass is 9.87. The van der Waals surface area contributed by atoms with Crippen molar-refractivity contribution in [2.45, 2.75) is 63.9 Å². The predicted octanol–water partition coefficient (Wildman–Crippen LogP) is 3.81. The third-order valence-electron chi connectivity index (χ3n) is 6.28. The Balaban J connectivity index is 1.49. The Morgan fingerprint density at radius 3 is 2.48 bits per heavy atom. The first-order valence-corrected chi connectivity index (χ1v) is 11.0. The van der Waals surface area contributed by atoms with Gasteiger partial charge in [-0.2, -0.15) is 0 Å². The third kappa shape index (κ3) is 4.45. The summed E-state index contributed by atoms with van der Waals surface area (Å²) in [6.45, 7) is 7.03. The number of fused-ring (bicyclic) bond motifs is 1. The molecule has 3 heterocycles. The van der Waals surface area contributed by atoms with Gasteiger partial charge in [-0.15, -0.1) is 0 Å². The number of carbonyl (C=O) groups excluding carboxylic acids is 3. The van der Waals surface area contributed by atoms with Gasteiger partial charge >= 0.3 is 6.09 Å². The zero-order chi connectivity index (χ0) is 22.3. The zero-order valence-electron chi connectivity index (χ0n) is 18.7. The molecule has 31 heavy (non-hydrogen) atoms. The molecule has 1 N–H and O–H groups in total. The van der Waals surface area contributed by atoms with Crippen LogP contribution in [0, 0.1) is 0 Å². The Kier molecular flexibility index (Phi) is 5.54. The van der Waals surface area contributed by atoms with Crippen LogP contribution in [0.3, 0.4) is 0 Å². The monoisotopic (exact) mass is 425 g/mol. The van der Waals surface area contributed by atoms with E-state index in [1.54, 1.807) is 4.90 Å². The highest BCUT2D eigenvalue weighted by atomic mass is 16.6. The number of ether oxygens (including phenoxy) is 1. The van der Waals surface area contributed by atoms with Gasteiger partial charge < -0.3 is 14.2 Å². The fourth-order valence-corrected chi connectivity index (χ4v) is 4.68. The molecule has 3 amide bonds. The highest BCUT2D eigenvalue weighted by Gasteiger charge is 2.31. The molecule has 0 aliphatic carbocycles. The van der Waals surface area contributed by atoms with E-state index in [1.165, 1.54) is 5.56 Å². The summed E-state index contributed by atoms with van der Waals surface area (Å²) in [6, 6.07) is 6.45. The highest BCUT2D eigenvalue weighted by molar-refractivity contribution is 6.03. The van der Waals surface area contributed by atoms with Crippen molar-refractivity contribution < 1.29 is 19.1 Å². The van der Waals surface area contributed by atoms with Gasteiger partial charge in [0.1, 0.15) is 5.60 Å². The summed E-state index contributed by atoms with van der Waals surface area (Å²) in [7, 11) is 1.99. The van der Waals surface area contributed by atoms with Crippen molar-refractivity contribution in [1.29, 1.82) is 0 Å². The Morgan fingerprint density at radius 2 is 1.84 bits per heavy atom.